The average Bonchev–Trinajstić information content (AvgIpc) is 3.09. The molecule has 7 atom stereocenters. The van der Waals surface area contributed by atoms with Crippen LogP contribution < -0.4 is 0 Å². The Balaban J connectivity index is 1.89. The van der Waals surface area contributed by atoms with Crippen molar-refractivity contribution in [1.29, 1.82) is 0 Å². The van der Waals surface area contributed by atoms with E-state index in [1.54, 1.807) is 13.8 Å². The molecule has 0 aromatic carbocycles. The maximum atomic E-state index is 13.1. The SMILES string of the molecule is CC(C)C[C@H](C(=O)OC(C)C)N1C(=O)[C@@H]2[C@H]3C[C@@H]([C@@H](Br)[C@H]3Br)[C@H]2C1=O. The van der Waals surface area contributed by atoms with Crippen molar-refractivity contribution in [1.82, 2.24) is 4.90 Å². The first-order valence-corrected chi connectivity index (χ1v) is 10.8. The molecular formula is C18H25Br2NO4. The Kier molecular flexibility index (Phi) is 5.37. The second-order valence-electron chi connectivity index (χ2n) is 8.18. The molecule has 7 heteroatoms. The minimum absolute atomic E-state index is 0.154. The van der Waals surface area contributed by atoms with Gasteiger partial charge in [0.05, 0.1) is 17.9 Å². The third-order valence-corrected chi connectivity index (χ3v) is 8.86. The van der Waals surface area contributed by atoms with Crippen LogP contribution >= 0.6 is 31.9 Å². The van der Waals surface area contributed by atoms with Crippen LogP contribution in [0.25, 0.3) is 0 Å². The van der Waals surface area contributed by atoms with Crippen LogP contribution in [-0.2, 0) is 19.1 Å². The van der Waals surface area contributed by atoms with Gasteiger partial charge >= 0.3 is 5.97 Å². The van der Waals surface area contributed by atoms with E-state index >= 15 is 0 Å². The number of carbonyl (C=O) groups excluding carboxylic acids is 3. The molecule has 25 heavy (non-hydrogen) atoms. The average molecular weight is 479 g/mol. The predicted octanol–water partition coefficient (Wildman–Crippen LogP) is 3.13. The van der Waals surface area contributed by atoms with Crippen LogP contribution in [-0.4, -0.2) is 44.5 Å². The molecule has 0 aromatic heterocycles. The molecule has 5 nitrogen and oxygen atoms in total. The summed E-state index contributed by atoms with van der Waals surface area (Å²) in [5.74, 6) is -0.938. The lowest BCUT2D eigenvalue weighted by molar-refractivity contribution is -0.162. The van der Waals surface area contributed by atoms with Crippen molar-refractivity contribution >= 4 is 49.6 Å². The van der Waals surface area contributed by atoms with E-state index in [2.05, 4.69) is 31.9 Å². The lowest BCUT2D eigenvalue weighted by Crippen LogP contribution is -2.48. The zero-order valence-electron chi connectivity index (χ0n) is 14.9. The van der Waals surface area contributed by atoms with E-state index in [0.29, 0.717) is 6.42 Å². The molecule has 0 radical (unpaired) electrons. The Morgan fingerprint density at radius 1 is 1.08 bits per heavy atom. The Hall–Kier alpha value is -0.430. The number of nitrogens with zero attached hydrogens (tertiary/aromatic N) is 1. The van der Waals surface area contributed by atoms with Crippen molar-refractivity contribution in [3.63, 3.8) is 0 Å². The highest BCUT2D eigenvalue weighted by Crippen LogP contribution is 2.60. The summed E-state index contributed by atoms with van der Waals surface area (Å²) in [6, 6.07) is -0.810. The van der Waals surface area contributed by atoms with Gasteiger partial charge < -0.3 is 4.74 Å². The summed E-state index contributed by atoms with van der Waals surface area (Å²) in [5.41, 5.74) is 0. The summed E-state index contributed by atoms with van der Waals surface area (Å²) in [5, 5.41) is 0. The van der Waals surface area contributed by atoms with Crippen LogP contribution in [0.15, 0.2) is 0 Å². The zero-order chi connectivity index (χ0) is 18.6. The molecule has 1 saturated heterocycles. The standard InChI is InChI=1S/C18H25Br2NO4/c1-7(2)5-11(18(24)25-8(3)4)21-16(22)12-9-6-10(13(12)17(21)23)15(20)14(9)19/h7-15H,5-6H2,1-4H3/t9-,10-,11-,12-,13-,14-,15+/m1/s1. The first kappa shape index (κ1) is 19.3. The van der Waals surface area contributed by atoms with Crippen molar-refractivity contribution in [3.05, 3.63) is 0 Å². The Labute approximate surface area is 165 Å². The summed E-state index contributed by atoms with van der Waals surface area (Å²) < 4.78 is 5.35. The summed E-state index contributed by atoms with van der Waals surface area (Å²) in [4.78, 5) is 40.5. The van der Waals surface area contributed by atoms with Crippen LogP contribution in [0.5, 0.6) is 0 Å². The normalized spacial score (nSPS) is 38.0. The van der Waals surface area contributed by atoms with Gasteiger partial charge in [0.2, 0.25) is 11.8 Å². The smallest absolute Gasteiger partial charge is 0.329 e. The number of alkyl halides is 2. The van der Waals surface area contributed by atoms with Crippen LogP contribution in [0, 0.1) is 29.6 Å². The molecular weight excluding hydrogens is 454 g/mol. The van der Waals surface area contributed by atoms with Crippen LogP contribution in [0.4, 0.5) is 0 Å². The van der Waals surface area contributed by atoms with E-state index < -0.39 is 12.0 Å². The highest BCUT2D eigenvalue weighted by Gasteiger charge is 2.67. The quantitative estimate of drug-likeness (QED) is 0.346. The molecule has 3 rings (SSSR count). The lowest BCUT2D eigenvalue weighted by Gasteiger charge is -2.28. The lowest BCUT2D eigenvalue weighted by atomic mass is 9.81. The largest absolute Gasteiger partial charge is 0.461 e. The van der Waals surface area contributed by atoms with Gasteiger partial charge in [0.25, 0.3) is 0 Å². The second-order valence-corrected chi connectivity index (χ2v) is 10.3. The van der Waals surface area contributed by atoms with Gasteiger partial charge in [-0.2, -0.15) is 0 Å². The number of carbonyl (C=O) groups is 3. The molecule has 140 valence electrons. The van der Waals surface area contributed by atoms with E-state index in [0.717, 1.165) is 6.42 Å². The first-order chi connectivity index (χ1) is 11.6. The van der Waals surface area contributed by atoms with Gasteiger partial charge in [-0.05, 0) is 44.4 Å². The fraction of sp³-hybridized carbons (Fsp3) is 0.833. The van der Waals surface area contributed by atoms with E-state index in [9.17, 15) is 14.4 Å². The molecule has 2 saturated carbocycles. The Bertz CT molecular complexity index is 562. The molecule has 0 aromatic rings. The number of hydrogen-bond donors (Lipinski definition) is 0. The van der Waals surface area contributed by atoms with Gasteiger partial charge in [-0.15, -0.1) is 0 Å². The highest BCUT2D eigenvalue weighted by molar-refractivity contribution is 9.12. The number of likely N-dealkylation sites (tertiary alicyclic amines) is 1. The van der Waals surface area contributed by atoms with Gasteiger partial charge in [-0.3, -0.25) is 14.5 Å². The maximum Gasteiger partial charge on any atom is 0.329 e. The number of hydrogen-bond acceptors (Lipinski definition) is 4. The predicted molar refractivity (Wildman–Crippen MR) is 100 cm³/mol. The first-order valence-electron chi connectivity index (χ1n) is 9.00. The van der Waals surface area contributed by atoms with E-state index in [4.69, 9.17) is 4.74 Å². The summed E-state index contributed by atoms with van der Waals surface area (Å²) in [6.45, 7) is 7.51. The minimum atomic E-state index is -0.810. The Morgan fingerprint density at radius 2 is 1.56 bits per heavy atom. The van der Waals surface area contributed by atoms with Crippen LogP contribution in [0.3, 0.4) is 0 Å². The van der Waals surface area contributed by atoms with Gasteiger partial charge in [-0.25, -0.2) is 4.79 Å². The fourth-order valence-corrected chi connectivity index (χ4v) is 6.62. The number of imide groups is 1. The summed E-state index contributed by atoms with van der Waals surface area (Å²) in [7, 11) is 0. The number of esters is 1. The van der Waals surface area contributed by atoms with Crippen molar-refractivity contribution in [2.45, 2.75) is 62.3 Å². The molecule has 2 amide bonds. The van der Waals surface area contributed by atoms with Gasteiger partial charge in [-0.1, -0.05) is 45.7 Å². The zero-order valence-corrected chi connectivity index (χ0v) is 18.1. The Morgan fingerprint density at radius 3 is 1.96 bits per heavy atom. The summed E-state index contributed by atoms with van der Waals surface area (Å²) in [6.07, 6.45) is 1.05. The number of ether oxygens (including phenoxy) is 1. The monoisotopic (exact) mass is 477 g/mol. The fourth-order valence-electron chi connectivity index (χ4n) is 4.74. The van der Waals surface area contributed by atoms with Crippen molar-refractivity contribution in [3.8, 4) is 0 Å². The van der Waals surface area contributed by atoms with Crippen LogP contribution in [0.2, 0.25) is 0 Å². The molecule has 0 spiro atoms. The second kappa shape index (κ2) is 6.95. The number of rotatable bonds is 5. The number of fused-ring (bicyclic) bond motifs is 5. The number of amides is 2. The highest BCUT2D eigenvalue weighted by atomic mass is 79.9. The maximum absolute atomic E-state index is 13.1. The van der Waals surface area contributed by atoms with Crippen molar-refractivity contribution < 1.29 is 19.1 Å². The molecule has 3 aliphatic rings. The van der Waals surface area contributed by atoms with Crippen molar-refractivity contribution in [2.75, 3.05) is 0 Å². The van der Waals surface area contributed by atoms with Gasteiger partial charge in [0, 0.05) is 9.65 Å². The molecule has 2 aliphatic carbocycles. The van der Waals surface area contributed by atoms with Gasteiger partial charge in [0.1, 0.15) is 6.04 Å². The van der Waals surface area contributed by atoms with E-state index in [-0.39, 0.29) is 57.2 Å². The third kappa shape index (κ3) is 3.09. The molecule has 1 aliphatic heterocycles. The molecule has 0 unspecified atom stereocenters. The summed E-state index contributed by atoms with van der Waals surface area (Å²) >= 11 is 7.37. The van der Waals surface area contributed by atoms with Crippen LogP contribution in [0.1, 0.15) is 40.5 Å². The third-order valence-electron chi connectivity index (χ3n) is 5.65. The molecule has 3 fully saturated rings. The minimum Gasteiger partial charge on any atom is -0.461 e. The van der Waals surface area contributed by atoms with E-state index in [1.165, 1.54) is 4.90 Å². The molecule has 1 heterocycles. The number of halogens is 2. The van der Waals surface area contributed by atoms with E-state index in [1.807, 2.05) is 13.8 Å². The molecule has 2 bridgehead atoms. The molecule has 0 N–H and O–H groups in total. The topological polar surface area (TPSA) is 63.7 Å². The van der Waals surface area contributed by atoms with Crippen molar-refractivity contribution in [2.24, 2.45) is 29.6 Å². The van der Waals surface area contributed by atoms with Gasteiger partial charge in [0.15, 0.2) is 0 Å².